The van der Waals surface area contributed by atoms with Crippen molar-refractivity contribution in [3.8, 4) is 0 Å². The zero-order valence-electron chi connectivity index (χ0n) is 27.3. The Kier molecular flexibility index (Phi) is 7.88. The minimum absolute atomic E-state index is 0.000166. The van der Waals surface area contributed by atoms with Crippen LogP contribution < -0.4 is 0 Å². The third kappa shape index (κ3) is 4.33. The van der Waals surface area contributed by atoms with E-state index in [4.69, 9.17) is 4.74 Å². The monoisotopic (exact) mass is 602 g/mol. The summed E-state index contributed by atoms with van der Waals surface area (Å²) < 4.78 is 6.30. The van der Waals surface area contributed by atoms with Gasteiger partial charge >= 0.3 is 5.97 Å². The molecule has 0 bridgehead atoms. The molecule has 9 unspecified atom stereocenters. The number of hydrogen-bond donors (Lipinski definition) is 1. The molecule has 6 rings (SSSR count). The summed E-state index contributed by atoms with van der Waals surface area (Å²) in [6.45, 7) is 19.3. The first-order valence-electron chi connectivity index (χ1n) is 17.0. The normalized spacial score (nSPS) is 46.8. The van der Waals surface area contributed by atoms with Gasteiger partial charge in [-0.1, -0.05) is 59.6 Å². The summed E-state index contributed by atoms with van der Waals surface area (Å²) in [6, 6.07) is 0. The van der Waals surface area contributed by atoms with Crippen molar-refractivity contribution in [2.45, 2.75) is 143 Å². The standard InChI is InChI=1S/C36H58O3S2/c1-22(2)24-12-17-36(30(38)31-40-20-9-21-41-31)19-18-34(7)25(29(24)36)10-11-27-33(6)15-14-28(39-23(3)37)32(4,5)26(33)13-16-35(27,34)8/h22,25-28,30-31,38H,9-21H2,1-8H3. The van der Waals surface area contributed by atoms with E-state index in [1.54, 1.807) is 18.1 Å². The van der Waals surface area contributed by atoms with E-state index in [2.05, 4.69) is 48.5 Å². The zero-order valence-corrected chi connectivity index (χ0v) is 28.9. The molecule has 5 aliphatic carbocycles. The average Bonchev–Trinajstić information content (AvgIpc) is 3.32. The van der Waals surface area contributed by atoms with Crippen molar-refractivity contribution in [2.24, 2.45) is 50.7 Å². The molecule has 5 heteroatoms. The molecule has 4 saturated carbocycles. The highest BCUT2D eigenvalue weighted by atomic mass is 32.2. The van der Waals surface area contributed by atoms with E-state index >= 15 is 0 Å². The molecule has 0 radical (unpaired) electrons. The van der Waals surface area contributed by atoms with Crippen molar-refractivity contribution in [3.63, 3.8) is 0 Å². The molecule has 0 aromatic carbocycles. The Bertz CT molecular complexity index is 1080. The molecular formula is C36H58O3S2. The fourth-order valence-corrected chi connectivity index (χ4v) is 15.6. The molecule has 1 heterocycles. The second kappa shape index (κ2) is 10.5. The molecule has 1 N–H and O–H groups in total. The number of thioether (sulfide) groups is 2. The Balaban J connectivity index is 1.36. The highest BCUT2D eigenvalue weighted by molar-refractivity contribution is 8.17. The predicted octanol–water partition coefficient (Wildman–Crippen LogP) is 9.28. The van der Waals surface area contributed by atoms with Crippen molar-refractivity contribution in [2.75, 3.05) is 11.5 Å². The van der Waals surface area contributed by atoms with Crippen LogP contribution >= 0.6 is 23.5 Å². The summed E-state index contributed by atoms with van der Waals surface area (Å²) in [7, 11) is 0. The summed E-state index contributed by atoms with van der Waals surface area (Å²) >= 11 is 4.08. The van der Waals surface area contributed by atoms with E-state index in [1.165, 1.54) is 75.7 Å². The van der Waals surface area contributed by atoms with Crippen molar-refractivity contribution >= 4 is 29.5 Å². The van der Waals surface area contributed by atoms with Crippen LogP contribution in [0.2, 0.25) is 0 Å². The lowest BCUT2D eigenvalue weighted by molar-refractivity contribution is -0.234. The summed E-state index contributed by atoms with van der Waals surface area (Å²) in [5.74, 6) is 4.77. The lowest BCUT2D eigenvalue weighted by atomic mass is 9.33. The number of rotatable bonds is 4. The summed E-state index contributed by atoms with van der Waals surface area (Å²) in [4.78, 5) is 12.0. The van der Waals surface area contributed by atoms with Crippen LogP contribution in [-0.4, -0.2) is 39.4 Å². The Morgan fingerprint density at radius 1 is 0.878 bits per heavy atom. The maximum Gasteiger partial charge on any atom is 0.302 e. The molecule has 1 aliphatic heterocycles. The van der Waals surface area contributed by atoms with E-state index in [0.717, 1.165) is 6.42 Å². The maximum atomic E-state index is 12.3. The van der Waals surface area contributed by atoms with Crippen LogP contribution in [0.4, 0.5) is 0 Å². The molecule has 232 valence electrons. The zero-order chi connectivity index (χ0) is 29.6. The van der Waals surface area contributed by atoms with Gasteiger partial charge in [0.1, 0.15) is 6.10 Å². The molecule has 0 aromatic rings. The number of hydrogen-bond acceptors (Lipinski definition) is 5. The number of carbonyl (C=O) groups excluding carboxylic acids is 1. The number of carbonyl (C=O) groups is 1. The van der Waals surface area contributed by atoms with Gasteiger partial charge in [-0.3, -0.25) is 4.79 Å². The third-order valence-electron chi connectivity index (χ3n) is 14.6. The van der Waals surface area contributed by atoms with Gasteiger partial charge in [0.05, 0.1) is 10.7 Å². The quantitative estimate of drug-likeness (QED) is 0.257. The lowest BCUT2D eigenvalue weighted by Crippen LogP contribution is -2.66. The number of aliphatic hydroxyl groups excluding tert-OH is 1. The molecule has 9 atom stereocenters. The van der Waals surface area contributed by atoms with Gasteiger partial charge in [-0.2, -0.15) is 0 Å². The molecule has 0 spiro atoms. The molecule has 6 aliphatic rings. The van der Waals surface area contributed by atoms with Crippen LogP contribution in [0.15, 0.2) is 11.1 Å². The maximum absolute atomic E-state index is 12.3. The minimum atomic E-state index is -0.218. The molecule has 5 fully saturated rings. The SMILES string of the molecule is CC(=O)OC1CCC2(C)C(CCC3(C)C2CCC2C4=C(C(C)C)CCC4(C(O)C4SCCCS4)CCC23C)C1(C)C. The number of allylic oxidation sites excluding steroid dienone is 1. The number of ether oxygens (including phenoxy) is 1. The van der Waals surface area contributed by atoms with Gasteiger partial charge in [0.25, 0.3) is 0 Å². The first-order chi connectivity index (χ1) is 19.2. The van der Waals surface area contributed by atoms with Crippen LogP contribution in [-0.2, 0) is 9.53 Å². The fourth-order valence-electron chi connectivity index (χ4n) is 12.5. The van der Waals surface area contributed by atoms with E-state index < -0.39 is 0 Å². The van der Waals surface area contributed by atoms with Crippen LogP contribution in [0.5, 0.6) is 0 Å². The van der Waals surface area contributed by atoms with Crippen LogP contribution in [0, 0.1) is 50.7 Å². The molecule has 0 amide bonds. The van der Waals surface area contributed by atoms with Crippen molar-refractivity contribution in [3.05, 3.63) is 11.1 Å². The largest absolute Gasteiger partial charge is 0.462 e. The first-order valence-corrected chi connectivity index (χ1v) is 19.1. The number of fused-ring (bicyclic) bond motifs is 7. The highest BCUT2D eigenvalue weighted by Crippen LogP contribution is 2.77. The van der Waals surface area contributed by atoms with Gasteiger partial charge in [0, 0.05) is 17.8 Å². The van der Waals surface area contributed by atoms with Crippen molar-refractivity contribution in [1.82, 2.24) is 0 Å². The van der Waals surface area contributed by atoms with Crippen LogP contribution in [0.3, 0.4) is 0 Å². The predicted molar refractivity (Wildman–Crippen MR) is 174 cm³/mol. The Morgan fingerprint density at radius 2 is 1.59 bits per heavy atom. The van der Waals surface area contributed by atoms with Gasteiger partial charge in [-0.15, -0.1) is 23.5 Å². The molecule has 41 heavy (non-hydrogen) atoms. The van der Waals surface area contributed by atoms with Gasteiger partial charge < -0.3 is 9.84 Å². The summed E-state index contributed by atoms with van der Waals surface area (Å²) in [6.07, 6.45) is 13.2. The second-order valence-electron chi connectivity index (χ2n) is 16.7. The van der Waals surface area contributed by atoms with Gasteiger partial charge in [-0.05, 0) is 122 Å². The lowest BCUT2D eigenvalue weighted by Gasteiger charge is -2.72. The summed E-state index contributed by atoms with van der Waals surface area (Å²) in [5, 5.41) is 12.3. The molecule has 1 saturated heterocycles. The Hall–Kier alpha value is -0.130. The van der Waals surface area contributed by atoms with Crippen LogP contribution in [0.25, 0.3) is 0 Å². The second-order valence-corrected chi connectivity index (χ2v) is 19.5. The molecular weight excluding hydrogens is 545 g/mol. The average molecular weight is 603 g/mol. The number of aliphatic hydroxyl groups is 1. The highest BCUT2D eigenvalue weighted by Gasteiger charge is 2.70. The van der Waals surface area contributed by atoms with E-state index in [1.807, 2.05) is 23.5 Å². The van der Waals surface area contributed by atoms with E-state index in [-0.39, 0.29) is 39.8 Å². The van der Waals surface area contributed by atoms with E-state index in [9.17, 15) is 9.90 Å². The molecule has 3 nitrogen and oxygen atoms in total. The fraction of sp³-hybridized carbons (Fsp3) is 0.917. The smallest absolute Gasteiger partial charge is 0.302 e. The molecule has 0 aromatic heterocycles. The van der Waals surface area contributed by atoms with Crippen molar-refractivity contribution < 1.29 is 14.6 Å². The van der Waals surface area contributed by atoms with Gasteiger partial charge in [0.2, 0.25) is 0 Å². The number of esters is 1. The Labute approximate surface area is 259 Å². The third-order valence-corrected chi connectivity index (χ3v) is 17.7. The van der Waals surface area contributed by atoms with Gasteiger partial charge in [-0.25, -0.2) is 0 Å². The van der Waals surface area contributed by atoms with Gasteiger partial charge in [0.15, 0.2) is 0 Å². The summed E-state index contributed by atoms with van der Waals surface area (Å²) in [5.41, 5.74) is 4.35. The minimum Gasteiger partial charge on any atom is -0.462 e. The van der Waals surface area contributed by atoms with Crippen LogP contribution in [0.1, 0.15) is 126 Å². The van der Waals surface area contributed by atoms with Crippen molar-refractivity contribution in [1.29, 1.82) is 0 Å². The first kappa shape index (κ1) is 30.9. The van der Waals surface area contributed by atoms with E-state index in [0.29, 0.717) is 33.7 Å². The Morgan fingerprint density at radius 3 is 2.24 bits per heavy atom. The topological polar surface area (TPSA) is 46.5 Å².